The van der Waals surface area contributed by atoms with Crippen molar-refractivity contribution in [3.8, 4) is 0 Å². The Hall–Kier alpha value is -1.55. The van der Waals surface area contributed by atoms with Gasteiger partial charge in [-0.15, -0.1) is 0 Å². The van der Waals surface area contributed by atoms with Gasteiger partial charge in [-0.25, -0.2) is 4.79 Å². The number of carboxylic acids is 1. The van der Waals surface area contributed by atoms with Crippen LogP contribution in [0.5, 0.6) is 0 Å². The lowest BCUT2D eigenvalue weighted by atomic mass is 10.1. The summed E-state index contributed by atoms with van der Waals surface area (Å²) in [5, 5.41) is 12.4. The highest BCUT2D eigenvalue weighted by Gasteiger charge is 2.00. The average Bonchev–Trinajstić information content (AvgIpc) is 2.15. The lowest BCUT2D eigenvalue weighted by molar-refractivity contribution is -0.142. The van der Waals surface area contributed by atoms with E-state index in [0.29, 0.717) is 5.02 Å². The van der Waals surface area contributed by atoms with Crippen molar-refractivity contribution in [1.29, 1.82) is 0 Å². The zero-order chi connectivity index (χ0) is 11.3. The van der Waals surface area contributed by atoms with E-state index in [1.54, 1.807) is 6.07 Å². The lowest BCUT2D eigenvalue weighted by Crippen LogP contribution is -2.03. The molecule has 80 valence electrons. The van der Waals surface area contributed by atoms with E-state index in [2.05, 4.69) is 9.99 Å². The summed E-state index contributed by atoms with van der Waals surface area (Å²) in [5.74, 6) is -1.07. The molecule has 1 aromatic carbocycles. The van der Waals surface area contributed by atoms with E-state index < -0.39 is 12.6 Å². The highest BCUT2D eigenvalue weighted by atomic mass is 35.5. The molecule has 5 heteroatoms. The number of hydrogen-bond acceptors (Lipinski definition) is 3. The molecule has 0 saturated carbocycles. The molecule has 0 aliphatic carbocycles. The van der Waals surface area contributed by atoms with Gasteiger partial charge in [0.05, 0.1) is 6.21 Å². The summed E-state index contributed by atoms with van der Waals surface area (Å²) in [4.78, 5) is 14.6. The molecule has 15 heavy (non-hydrogen) atoms. The number of benzene rings is 1. The minimum atomic E-state index is -1.07. The minimum Gasteiger partial charge on any atom is -0.479 e. The third-order valence-corrected chi connectivity index (χ3v) is 2.04. The van der Waals surface area contributed by atoms with E-state index in [-0.39, 0.29) is 0 Å². The van der Waals surface area contributed by atoms with E-state index in [1.165, 1.54) is 6.21 Å². The van der Waals surface area contributed by atoms with E-state index in [0.717, 1.165) is 11.1 Å². The Morgan fingerprint density at radius 1 is 1.67 bits per heavy atom. The molecular formula is C10H10ClNO3. The maximum Gasteiger partial charge on any atom is 0.344 e. The van der Waals surface area contributed by atoms with Gasteiger partial charge in [0.2, 0.25) is 6.61 Å². The number of aryl methyl sites for hydroxylation is 1. The molecule has 0 saturated heterocycles. The van der Waals surface area contributed by atoms with Gasteiger partial charge in [0.15, 0.2) is 0 Å². The van der Waals surface area contributed by atoms with Crippen LogP contribution in [0.2, 0.25) is 5.02 Å². The van der Waals surface area contributed by atoms with Crippen LogP contribution in [-0.4, -0.2) is 23.9 Å². The molecule has 4 nitrogen and oxygen atoms in total. The molecule has 0 unspecified atom stereocenters. The van der Waals surface area contributed by atoms with Gasteiger partial charge in [-0.1, -0.05) is 28.9 Å². The molecule has 0 radical (unpaired) electrons. The lowest BCUT2D eigenvalue weighted by Gasteiger charge is -2.01. The molecule has 0 aliphatic heterocycles. The number of rotatable bonds is 4. The Morgan fingerprint density at radius 3 is 3.00 bits per heavy atom. The SMILES string of the molecule is Cc1cccc(Cl)c1/C=N/OCC(=O)O. The molecule has 0 spiro atoms. The Labute approximate surface area is 92.1 Å². The summed E-state index contributed by atoms with van der Waals surface area (Å²) in [6, 6.07) is 5.44. The fourth-order valence-corrected chi connectivity index (χ4v) is 1.26. The Balaban J connectivity index is 2.67. The zero-order valence-electron chi connectivity index (χ0n) is 8.11. The van der Waals surface area contributed by atoms with Gasteiger partial charge in [-0.2, -0.15) is 0 Å². The molecule has 0 bridgehead atoms. The predicted octanol–water partition coefficient (Wildman–Crippen LogP) is 2.08. The standard InChI is InChI=1S/C10H10ClNO3/c1-7-3-2-4-9(11)8(7)5-12-15-6-10(13)14/h2-5H,6H2,1H3,(H,13,14)/b12-5+. The maximum atomic E-state index is 10.1. The van der Waals surface area contributed by atoms with Gasteiger partial charge >= 0.3 is 5.97 Å². The number of oxime groups is 1. The normalized spacial score (nSPS) is 10.5. The number of carbonyl (C=O) groups is 1. The Morgan fingerprint density at radius 2 is 2.40 bits per heavy atom. The minimum absolute atomic E-state index is 0.458. The first-order chi connectivity index (χ1) is 7.11. The molecule has 1 aromatic rings. The number of carboxylic acid groups (broad SMARTS) is 1. The summed E-state index contributed by atoms with van der Waals surface area (Å²) in [5.41, 5.74) is 1.68. The second-order valence-corrected chi connectivity index (χ2v) is 3.28. The predicted molar refractivity (Wildman–Crippen MR) is 57.4 cm³/mol. The van der Waals surface area contributed by atoms with Gasteiger partial charge in [-0.05, 0) is 18.6 Å². The molecule has 0 amide bonds. The van der Waals surface area contributed by atoms with Crippen LogP contribution in [0, 0.1) is 6.92 Å². The van der Waals surface area contributed by atoms with Gasteiger partial charge in [-0.3, -0.25) is 0 Å². The third kappa shape index (κ3) is 3.59. The second-order valence-electron chi connectivity index (χ2n) is 2.87. The molecule has 0 heterocycles. The van der Waals surface area contributed by atoms with Gasteiger partial charge in [0, 0.05) is 10.6 Å². The van der Waals surface area contributed by atoms with Crippen LogP contribution in [-0.2, 0) is 9.63 Å². The number of aliphatic carboxylic acids is 1. The zero-order valence-corrected chi connectivity index (χ0v) is 8.86. The van der Waals surface area contributed by atoms with Crippen LogP contribution in [0.15, 0.2) is 23.4 Å². The summed E-state index contributed by atoms with van der Waals surface area (Å²) in [6.45, 7) is 1.42. The van der Waals surface area contributed by atoms with Crippen molar-refractivity contribution in [3.05, 3.63) is 34.3 Å². The molecule has 0 fully saturated rings. The van der Waals surface area contributed by atoms with Crippen molar-refractivity contribution in [2.45, 2.75) is 6.92 Å². The first-order valence-corrected chi connectivity index (χ1v) is 4.61. The van der Waals surface area contributed by atoms with Gasteiger partial charge < -0.3 is 9.94 Å². The van der Waals surface area contributed by atoms with E-state index in [9.17, 15) is 4.79 Å². The van der Waals surface area contributed by atoms with Gasteiger partial charge in [0.1, 0.15) is 0 Å². The van der Waals surface area contributed by atoms with Crippen molar-refractivity contribution in [2.24, 2.45) is 5.16 Å². The highest BCUT2D eigenvalue weighted by Crippen LogP contribution is 2.17. The van der Waals surface area contributed by atoms with Crippen molar-refractivity contribution < 1.29 is 14.7 Å². The molecular weight excluding hydrogens is 218 g/mol. The highest BCUT2D eigenvalue weighted by molar-refractivity contribution is 6.33. The second kappa shape index (κ2) is 5.36. The summed E-state index contributed by atoms with van der Waals surface area (Å²) in [7, 11) is 0. The van der Waals surface area contributed by atoms with Crippen LogP contribution in [0.4, 0.5) is 0 Å². The fourth-order valence-electron chi connectivity index (χ4n) is 0.991. The van der Waals surface area contributed by atoms with E-state index in [4.69, 9.17) is 16.7 Å². The number of nitrogens with zero attached hydrogens (tertiary/aromatic N) is 1. The van der Waals surface area contributed by atoms with Crippen molar-refractivity contribution >= 4 is 23.8 Å². The topological polar surface area (TPSA) is 58.9 Å². The van der Waals surface area contributed by atoms with Gasteiger partial charge in [0.25, 0.3) is 0 Å². The largest absolute Gasteiger partial charge is 0.479 e. The van der Waals surface area contributed by atoms with Crippen molar-refractivity contribution in [3.63, 3.8) is 0 Å². The smallest absolute Gasteiger partial charge is 0.344 e. The Kier molecular flexibility index (Phi) is 4.12. The number of hydrogen-bond donors (Lipinski definition) is 1. The van der Waals surface area contributed by atoms with Crippen LogP contribution in [0.25, 0.3) is 0 Å². The maximum absolute atomic E-state index is 10.1. The fraction of sp³-hybridized carbons (Fsp3) is 0.200. The first kappa shape index (κ1) is 11.5. The monoisotopic (exact) mass is 227 g/mol. The Bertz CT molecular complexity index is 370. The van der Waals surface area contributed by atoms with Crippen molar-refractivity contribution in [2.75, 3.05) is 6.61 Å². The summed E-state index contributed by atoms with van der Waals surface area (Å²) < 4.78 is 0. The molecule has 0 aromatic heterocycles. The van der Waals surface area contributed by atoms with Crippen LogP contribution >= 0.6 is 11.6 Å². The molecule has 0 aliphatic rings. The van der Waals surface area contributed by atoms with Crippen LogP contribution < -0.4 is 0 Å². The van der Waals surface area contributed by atoms with Crippen LogP contribution in [0.3, 0.4) is 0 Å². The van der Waals surface area contributed by atoms with E-state index in [1.807, 2.05) is 19.1 Å². The third-order valence-electron chi connectivity index (χ3n) is 1.72. The molecule has 0 atom stereocenters. The quantitative estimate of drug-likeness (QED) is 0.633. The molecule has 1 N–H and O–H groups in total. The first-order valence-electron chi connectivity index (χ1n) is 4.23. The van der Waals surface area contributed by atoms with Crippen LogP contribution in [0.1, 0.15) is 11.1 Å². The summed E-state index contributed by atoms with van der Waals surface area (Å²) in [6.07, 6.45) is 1.40. The average molecular weight is 228 g/mol. The molecule has 1 rings (SSSR count). The van der Waals surface area contributed by atoms with Crippen molar-refractivity contribution in [1.82, 2.24) is 0 Å². The van der Waals surface area contributed by atoms with E-state index >= 15 is 0 Å². The number of halogens is 1. The summed E-state index contributed by atoms with van der Waals surface area (Å²) >= 11 is 5.91.